The van der Waals surface area contributed by atoms with Crippen molar-refractivity contribution < 1.29 is 13.5 Å². The van der Waals surface area contributed by atoms with Gasteiger partial charge in [0.1, 0.15) is 5.75 Å². The molecule has 152 valence electrons. The molecule has 0 saturated carbocycles. The highest BCUT2D eigenvalue weighted by Crippen LogP contribution is 2.28. The lowest BCUT2D eigenvalue weighted by Gasteiger charge is -2.08. The molecule has 0 aliphatic rings. The first-order chi connectivity index (χ1) is 14.4. The predicted octanol–water partition coefficient (Wildman–Crippen LogP) is 4.67. The van der Waals surface area contributed by atoms with Gasteiger partial charge < -0.3 is 25.0 Å². The number of anilines is 2. The normalized spacial score (nSPS) is 10.8. The fraction of sp³-hybridized carbons (Fsp3) is 0. The summed E-state index contributed by atoms with van der Waals surface area (Å²) < 4.78 is 36.3. The molecule has 0 radical (unpaired) electrons. The van der Waals surface area contributed by atoms with E-state index in [-0.39, 0.29) is 5.75 Å². The molecular weight excluding hydrogens is 458 g/mol. The van der Waals surface area contributed by atoms with Crippen molar-refractivity contribution in [1.82, 2.24) is 18.8 Å². The Hall–Kier alpha value is -3.66. The van der Waals surface area contributed by atoms with E-state index in [2.05, 4.69) is 25.9 Å². The second kappa shape index (κ2) is 7.99. The van der Waals surface area contributed by atoms with E-state index in [4.69, 9.17) is 16.2 Å². The maximum absolute atomic E-state index is 13.5. The number of ether oxygens (including phenoxy) is 1. The van der Waals surface area contributed by atoms with E-state index in [1.807, 2.05) is 22.9 Å². The van der Waals surface area contributed by atoms with Gasteiger partial charge in [-0.3, -0.25) is 0 Å². The van der Waals surface area contributed by atoms with Gasteiger partial charge in [-0.15, -0.1) is 0 Å². The molecule has 0 aliphatic carbocycles. The number of nitrogen functional groups attached to an aromatic ring is 2. The summed E-state index contributed by atoms with van der Waals surface area (Å²) in [6, 6.07) is 7.07. The van der Waals surface area contributed by atoms with Crippen LogP contribution >= 0.6 is 15.9 Å². The molecule has 0 amide bonds. The van der Waals surface area contributed by atoms with Gasteiger partial charge in [-0.2, -0.15) is 4.39 Å². The van der Waals surface area contributed by atoms with Crippen molar-refractivity contribution in [1.29, 1.82) is 0 Å². The van der Waals surface area contributed by atoms with E-state index < -0.39 is 11.6 Å². The maximum Gasteiger partial charge on any atom is 0.201 e. The van der Waals surface area contributed by atoms with Crippen LogP contribution in [0.25, 0.3) is 11.3 Å². The number of hydrogen-bond acceptors (Lipinski definition) is 5. The molecule has 0 bridgehead atoms. The molecule has 0 saturated heterocycles. The smallest absolute Gasteiger partial charge is 0.201 e. The summed E-state index contributed by atoms with van der Waals surface area (Å²) in [6.07, 6.45) is 10.3. The fourth-order valence-corrected chi connectivity index (χ4v) is 3.27. The van der Waals surface area contributed by atoms with Gasteiger partial charge in [0.05, 0.1) is 17.6 Å². The molecule has 0 aliphatic heterocycles. The first-order valence-corrected chi connectivity index (χ1v) is 9.43. The molecule has 4 heterocycles. The number of fused-ring (bicyclic) bond motifs is 2. The standard InChI is InChI=1S/C13H9F2N3O.C7H6BrN3/c14-9-2-1-3-11(12(9)15)19-8-6-10(16)13-17-4-5-18(13)7-8;8-5-3-6(9)7-10-1-2-11(7)4-5/h1-7H,16H2;1-4H,9H2. The summed E-state index contributed by atoms with van der Waals surface area (Å²) in [4.78, 5) is 8.12. The highest BCUT2D eigenvalue weighted by molar-refractivity contribution is 9.10. The van der Waals surface area contributed by atoms with Crippen molar-refractivity contribution in [3.05, 3.63) is 83.6 Å². The molecule has 4 aromatic heterocycles. The minimum Gasteiger partial charge on any atom is -0.453 e. The van der Waals surface area contributed by atoms with Crippen LogP contribution in [0.1, 0.15) is 0 Å². The fourth-order valence-electron chi connectivity index (χ4n) is 2.80. The average molecular weight is 473 g/mol. The molecule has 10 heteroatoms. The van der Waals surface area contributed by atoms with E-state index >= 15 is 0 Å². The highest BCUT2D eigenvalue weighted by atomic mass is 79.9. The first kappa shape index (κ1) is 19.6. The molecule has 5 aromatic rings. The first-order valence-electron chi connectivity index (χ1n) is 8.64. The lowest BCUT2D eigenvalue weighted by atomic mass is 10.3. The zero-order valence-corrected chi connectivity index (χ0v) is 16.9. The Morgan fingerprint density at radius 2 is 1.53 bits per heavy atom. The number of hydrogen-bond donors (Lipinski definition) is 2. The largest absolute Gasteiger partial charge is 0.453 e. The Labute approximate surface area is 177 Å². The molecule has 0 atom stereocenters. The van der Waals surface area contributed by atoms with Gasteiger partial charge in [-0.1, -0.05) is 6.07 Å². The average Bonchev–Trinajstić information content (AvgIpc) is 3.35. The molecule has 0 fully saturated rings. The Kier molecular flexibility index (Phi) is 5.23. The number of pyridine rings is 2. The van der Waals surface area contributed by atoms with Crippen LogP contribution in [-0.4, -0.2) is 18.8 Å². The molecular formula is C20H15BrF2N6O. The van der Waals surface area contributed by atoms with Gasteiger partial charge in [0.2, 0.25) is 5.82 Å². The molecule has 7 nitrogen and oxygen atoms in total. The van der Waals surface area contributed by atoms with Crippen LogP contribution < -0.4 is 16.2 Å². The third kappa shape index (κ3) is 3.90. The Morgan fingerprint density at radius 3 is 2.23 bits per heavy atom. The minimum absolute atomic E-state index is 0.195. The summed E-state index contributed by atoms with van der Waals surface area (Å²) in [7, 11) is 0. The van der Waals surface area contributed by atoms with E-state index in [0.29, 0.717) is 22.8 Å². The molecule has 0 unspecified atom stereocenters. The van der Waals surface area contributed by atoms with Crippen molar-refractivity contribution >= 4 is 38.6 Å². The summed E-state index contributed by atoms with van der Waals surface area (Å²) in [6.45, 7) is 0. The van der Waals surface area contributed by atoms with Gasteiger partial charge in [0.15, 0.2) is 22.9 Å². The SMILES string of the molecule is Nc1cc(Br)cn2ccnc12.Nc1cc(Oc2cccc(F)c2F)cn2ccnc12. The zero-order chi connectivity index (χ0) is 21.3. The number of halogens is 3. The van der Waals surface area contributed by atoms with Crippen LogP contribution in [0, 0.1) is 11.6 Å². The van der Waals surface area contributed by atoms with Crippen LogP contribution in [0.2, 0.25) is 0 Å². The second-order valence-corrected chi connectivity index (χ2v) is 7.13. The van der Waals surface area contributed by atoms with Gasteiger partial charge in [0, 0.05) is 41.5 Å². The van der Waals surface area contributed by atoms with Crippen molar-refractivity contribution in [2.45, 2.75) is 0 Å². The summed E-state index contributed by atoms with van der Waals surface area (Å²) >= 11 is 3.34. The van der Waals surface area contributed by atoms with Crippen molar-refractivity contribution in [3.63, 3.8) is 0 Å². The highest BCUT2D eigenvalue weighted by Gasteiger charge is 2.11. The third-order valence-corrected chi connectivity index (χ3v) is 4.55. The van der Waals surface area contributed by atoms with Crippen LogP contribution in [0.5, 0.6) is 11.5 Å². The number of nitrogens with zero attached hydrogens (tertiary/aromatic N) is 4. The van der Waals surface area contributed by atoms with Gasteiger partial charge in [-0.05, 0) is 34.1 Å². The van der Waals surface area contributed by atoms with E-state index in [1.54, 1.807) is 29.2 Å². The number of rotatable bonds is 2. The van der Waals surface area contributed by atoms with Crippen molar-refractivity contribution in [2.75, 3.05) is 11.5 Å². The Morgan fingerprint density at radius 1 is 0.900 bits per heavy atom. The Balaban J connectivity index is 0.000000168. The number of nitrogens with two attached hydrogens (primary N) is 2. The van der Waals surface area contributed by atoms with Gasteiger partial charge in [-0.25, -0.2) is 14.4 Å². The molecule has 1 aromatic carbocycles. The minimum atomic E-state index is -1.04. The van der Waals surface area contributed by atoms with Crippen LogP contribution in [0.15, 0.2) is 72.0 Å². The third-order valence-electron chi connectivity index (χ3n) is 4.12. The topological polar surface area (TPSA) is 95.9 Å². The van der Waals surface area contributed by atoms with Gasteiger partial charge >= 0.3 is 0 Å². The Bertz CT molecular complexity index is 1350. The van der Waals surface area contributed by atoms with E-state index in [1.165, 1.54) is 18.2 Å². The number of aromatic nitrogens is 4. The summed E-state index contributed by atoms with van der Waals surface area (Å²) in [5.41, 5.74) is 13.9. The molecule has 30 heavy (non-hydrogen) atoms. The van der Waals surface area contributed by atoms with Crippen LogP contribution in [-0.2, 0) is 0 Å². The predicted molar refractivity (Wildman–Crippen MR) is 113 cm³/mol. The lowest BCUT2D eigenvalue weighted by molar-refractivity contribution is 0.415. The van der Waals surface area contributed by atoms with E-state index in [0.717, 1.165) is 16.2 Å². The van der Waals surface area contributed by atoms with Gasteiger partial charge in [0.25, 0.3) is 0 Å². The summed E-state index contributed by atoms with van der Waals surface area (Å²) in [5, 5.41) is 0. The lowest BCUT2D eigenvalue weighted by Crippen LogP contribution is -1.96. The number of benzene rings is 1. The zero-order valence-electron chi connectivity index (χ0n) is 15.3. The van der Waals surface area contributed by atoms with Crippen LogP contribution in [0.3, 0.4) is 0 Å². The monoisotopic (exact) mass is 472 g/mol. The second-order valence-electron chi connectivity index (χ2n) is 6.22. The van der Waals surface area contributed by atoms with Crippen molar-refractivity contribution in [2.24, 2.45) is 0 Å². The number of imidazole rings is 2. The maximum atomic E-state index is 13.5. The molecule has 5 rings (SSSR count). The summed E-state index contributed by atoms with van der Waals surface area (Å²) in [5.74, 6) is -1.90. The molecule has 0 spiro atoms. The quantitative estimate of drug-likeness (QED) is 0.389. The van der Waals surface area contributed by atoms with Crippen molar-refractivity contribution in [3.8, 4) is 11.5 Å². The molecule has 4 N–H and O–H groups in total. The van der Waals surface area contributed by atoms with Crippen LogP contribution in [0.4, 0.5) is 20.2 Å². The van der Waals surface area contributed by atoms with E-state index in [9.17, 15) is 8.78 Å².